The molecule has 0 fully saturated rings. The Hall–Kier alpha value is -1.71. The normalized spacial score (nSPS) is 13.6. The van der Waals surface area contributed by atoms with Crippen molar-refractivity contribution in [2.24, 2.45) is 0 Å². The first-order chi connectivity index (χ1) is 9.43. The second-order valence-corrected chi connectivity index (χ2v) is 5.39. The molecule has 0 aliphatic rings. The zero-order valence-electron chi connectivity index (χ0n) is 10.7. The van der Waals surface area contributed by atoms with Gasteiger partial charge >= 0.3 is 5.97 Å². The number of carboxylic acids is 1. The van der Waals surface area contributed by atoms with Gasteiger partial charge in [-0.3, -0.25) is 0 Å². The van der Waals surface area contributed by atoms with Gasteiger partial charge in [-0.2, -0.15) is 0 Å². The van der Waals surface area contributed by atoms with Crippen LogP contribution in [0.1, 0.15) is 12.5 Å². The summed E-state index contributed by atoms with van der Waals surface area (Å²) < 4.78 is 0. The van der Waals surface area contributed by atoms with Crippen LogP contribution in [0, 0.1) is 0 Å². The maximum absolute atomic E-state index is 11.7. The van der Waals surface area contributed by atoms with Crippen molar-refractivity contribution >= 4 is 34.9 Å². The van der Waals surface area contributed by atoms with Crippen LogP contribution in [0.25, 0.3) is 0 Å². The third-order valence-corrected chi connectivity index (χ3v) is 3.66. The lowest BCUT2D eigenvalue weighted by atomic mass is 9.91. The molecular formula is C15H13Cl2NO2. The molecule has 0 aliphatic carbocycles. The largest absolute Gasteiger partial charge is 0.479 e. The number of carbonyl (C=O) groups is 1. The molecule has 0 amide bonds. The Labute approximate surface area is 127 Å². The Morgan fingerprint density at radius 3 is 2.25 bits per heavy atom. The maximum atomic E-state index is 11.7. The van der Waals surface area contributed by atoms with E-state index in [4.69, 9.17) is 23.2 Å². The van der Waals surface area contributed by atoms with Gasteiger partial charge in [-0.25, -0.2) is 4.79 Å². The molecule has 2 N–H and O–H groups in total. The first-order valence-corrected chi connectivity index (χ1v) is 6.71. The van der Waals surface area contributed by atoms with E-state index >= 15 is 0 Å². The lowest BCUT2D eigenvalue weighted by Crippen LogP contribution is -2.40. The van der Waals surface area contributed by atoms with Crippen molar-refractivity contribution in [3.63, 3.8) is 0 Å². The molecule has 0 aliphatic heterocycles. The van der Waals surface area contributed by atoms with E-state index in [0.717, 1.165) is 0 Å². The Kier molecular flexibility index (Phi) is 4.21. The highest BCUT2D eigenvalue weighted by molar-refractivity contribution is 6.31. The van der Waals surface area contributed by atoms with Crippen molar-refractivity contribution in [1.82, 2.24) is 0 Å². The van der Waals surface area contributed by atoms with Gasteiger partial charge in [0.2, 0.25) is 0 Å². The van der Waals surface area contributed by atoms with Gasteiger partial charge in [-0.05, 0) is 37.3 Å². The van der Waals surface area contributed by atoms with Gasteiger partial charge in [-0.15, -0.1) is 0 Å². The summed E-state index contributed by atoms with van der Waals surface area (Å²) in [6, 6.07) is 13.7. The number of aliphatic carboxylic acids is 1. The third-order valence-electron chi connectivity index (χ3n) is 3.08. The van der Waals surface area contributed by atoms with E-state index in [1.807, 2.05) is 0 Å². The third kappa shape index (κ3) is 2.89. The zero-order chi connectivity index (χ0) is 14.8. The Morgan fingerprint density at radius 2 is 1.70 bits per heavy atom. The second-order valence-electron chi connectivity index (χ2n) is 4.54. The van der Waals surface area contributed by atoms with E-state index in [-0.39, 0.29) is 0 Å². The van der Waals surface area contributed by atoms with Crippen molar-refractivity contribution in [3.05, 3.63) is 64.1 Å². The molecule has 3 nitrogen and oxygen atoms in total. The van der Waals surface area contributed by atoms with Crippen LogP contribution in [0.2, 0.25) is 10.0 Å². The Morgan fingerprint density at radius 1 is 1.10 bits per heavy atom. The fraction of sp³-hybridized carbons (Fsp3) is 0.133. The molecule has 0 spiro atoms. The van der Waals surface area contributed by atoms with Crippen molar-refractivity contribution in [2.45, 2.75) is 12.5 Å². The van der Waals surface area contributed by atoms with Gasteiger partial charge in [0.05, 0.1) is 0 Å². The average Bonchev–Trinajstić information content (AvgIpc) is 2.41. The molecule has 2 aromatic rings. The maximum Gasteiger partial charge on any atom is 0.333 e. The van der Waals surface area contributed by atoms with Crippen molar-refractivity contribution < 1.29 is 9.90 Å². The number of nitrogens with one attached hydrogen (secondary N) is 1. The van der Waals surface area contributed by atoms with Crippen molar-refractivity contribution in [3.8, 4) is 0 Å². The summed E-state index contributed by atoms with van der Waals surface area (Å²) in [6.45, 7) is 1.57. The van der Waals surface area contributed by atoms with Crippen LogP contribution < -0.4 is 5.32 Å². The van der Waals surface area contributed by atoms with Gasteiger partial charge in [-0.1, -0.05) is 41.4 Å². The minimum atomic E-state index is -1.33. The number of hydrogen-bond donors (Lipinski definition) is 2. The SMILES string of the molecule is CC(Nc1ccc(Cl)cc1)(C(=O)O)c1ccccc1Cl. The first kappa shape index (κ1) is 14.7. The number of anilines is 1. The van der Waals surface area contributed by atoms with E-state index in [2.05, 4.69) is 5.32 Å². The van der Waals surface area contributed by atoms with E-state index in [1.54, 1.807) is 55.5 Å². The standard InChI is InChI=1S/C15H13Cl2NO2/c1-15(14(19)20,12-4-2-3-5-13(12)17)18-11-8-6-10(16)7-9-11/h2-9,18H,1H3,(H,19,20). The molecule has 5 heteroatoms. The highest BCUT2D eigenvalue weighted by Gasteiger charge is 2.36. The Bertz CT molecular complexity index is 628. The predicted octanol–water partition coefficient (Wildman–Crippen LogP) is 4.41. The molecule has 104 valence electrons. The number of benzene rings is 2. The highest BCUT2D eigenvalue weighted by Crippen LogP contribution is 2.32. The van der Waals surface area contributed by atoms with Crippen LogP contribution in [0.3, 0.4) is 0 Å². The van der Waals surface area contributed by atoms with E-state index in [1.165, 1.54) is 0 Å². The number of hydrogen-bond acceptors (Lipinski definition) is 2. The summed E-state index contributed by atoms with van der Waals surface area (Å²) in [5.74, 6) is -1.01. The van der Waals surface area contributed by atoms with E-state index in [9.17, 15) is 9.90 Å². The van der Waals surface area contributed by atoms with E-state index < -0.39 is 11.5 Å². The fourth-order valence-electron chi connectivity index (χ4n) is 1.92. The average molecular weight is 310 g/mol. The minimum Gasteiger partial charge on any atom is -0.479 e. The molecule has 0 saturated carbocycles. The van der Waals surface area contributed by atoms with Crippen LogP contribution in [0.15, 0.2) is 48.5 Å². The minimum absolute atomic E-state index is 0.402. The molecule has 0 saturated heterocycles. The molecule has 0 bridgehead atoms. The molecule has 2 aromatic carbocycles. The first-order valence-electron chi connectivity index (χ1n) is 5.95. The lowest BCUT2D eigenvalue weighted by molar-refractivity contribution is -0.142. The molecule has 0 radical (unpaired) electrons. The molecular weight excluding hydrogens is 297 g/mol. The summed E-state index contributed by atoms with van der Waals surface area (Å²) >= 11 is 11.9. The molecule has 0 aromatic heterocycles. The van der Waals surface area contributed by atoms with Crippen LogP contribution in [-0.4, -0.2) is 11.1 Å². The van der Waals surface area contributed by atoms with Gasteiger partial charge < -0.3 is 10.4 Å². The van der Waals surface area contributed by atoms with Gasteiger partial charge in [0.25, 0.3) is 0 Å². The molecule has 0 heterocycles. The molecule has 2 rings (SSSR count). The topological polar surface area (TPSA) is 49.3 Å². The molecule has 20 heavy (non-hydrogen) atoms. The monoisotopic (exact) mass is 309 g/mol. The summed E-state index contributed by atoms with van der Waals surface area (Å²) in [4.78, 5) is 11.7. The quantitative estimate of drug-likeness (QED) is 0.879. The zero-order valence-corrected chi connectivity index (χ0v) is 12.2. The van der Waals surface area contributed by atoms with Crippen LogP contribution >= 0.6 is 23.2 Å². The summed E-state index contributed by atoms with van der Waals surface area (Å²) in [5, 5.41) is 13.6. The van der Waals surface area contributed by atoms with Crippen LogP contribution in [-0.2, 0) is 10.3 Å². The smallest absolute Gasteiger partial charge is 0.333 e. The fourth-order valence-corrected chi connectivity index (χ4v) is 2.38. The molecule has 1 atom stereocenters. The van der Waals surface area contributed by atoms with Crippen molar-refractivity contribution in [1.29, 1.82) is 0 Å². The van der Waals surface area contributed by atoms with Crippen LogP contribution in [0.4, 0.5) is 5.69 Å². The predicted molar refractivity (Wildman–Crippen MR) is 81.5 cm³/mol. The number of halogens is 2. The van der Waals surface area contributed by atoms with E-state index in [0.29, 0.717) is 21.3 Å². The van der Waals surface area contributed by atoms with Gasteiger partial charge in [0.1, 0.15) is 0 Å². The second kappa shape index (κ2) is 5.73. The van der Waals surface area contributed by atoms with Crippen LogP contribution in [0.5, 0.6) is 0 Å². The summed E-state index contributed by atoms with van der Waals surface area (Å²) in [6.07, 6.45) is 0. The van der Waals surface area contributed by atoms with Crippen molar-refractivity contribution in [2.75, 3.05) is 5.32 Å². The summed E-state index contributed by atoms with van der Waals surface area (Å²) in [5.41, 5.74) is -0.171. The van der Waals surface area contributed by atoms with Gasteiger partial charge in [0, 0.05) is 21.3 Å². The van der Waals surface area contributed by atoms with Gasteiger partial charge in [0.15, 0.2) is 5.54 Å². The lowest BCUT2D eigenvalue weighted by Gasteiger charge is -2.28. The summed E-state index contributed by atoms with van der Waals surface area (Å²) in [7, 11) is 0. The number of carboxylic acid groups (broad SMARTS) is 1. The number of rotatable bonds is 4. The highest BCUT2D eigenvalue weighted by atomic mass is 35.5. The molecule has 1 unspecified atom stereocenters. The Balaban J connectivity index is 2.43.